The number of aromatic nitrogens is 2. The van der Waals surface area contributed by atoms with Gasteiger partial charge in [-0.1, -0.05) is 98.7 Å². The molecule has 0 aliphatic rings. The van der Waals surface area contributed by atoms with Crippen molar-refractivity contribution >= 4 is 17.2 Å². The minimum atomic E-state index is -0.0438. The summed E-state index contributed by atoms with van der Waals surface area (Å²) in [6, 6.07) is 29.3. The fourth-order valence-corrected chi connectivity index (χ4v) is 5.89. The van der Waals surface area contributed by atoms with Crippen molar-refractivity contribution < 1.29 is 5.11 Å². The zero-order valence-corrected chi connectivity index (χ0v) is 29.4. The number of anilines is 3. The number of aromatic hydroxyl groups is 1. The summed E-state index contributed by atoms with van der Waals surface area (Å²) in [5.74, 6) is 1.07. The molecule has 0 amide bonds. The van der Waals surface area contributed by atoms with Gasteiger partial charge < -0.3 is 5.11 Å². The van der Waals surface area contributed by atoms with Gasteiger partial charge in [0.05, 0.1) is 17.1 Å². The summed E-state index contributed by atoms with van der Waals surface area (Å²) >= 11 is 0. The number of hydrogen-bond acceptors (Lipinski definition) is 4. The lowest BCUT2D eigenvalue weighted by Crippen LogP contribution is -2.17. The highest BCUT2D eigenvalue weighted by Crippen LogP contribution is 2.43. The monoisotopic (exact) mass is 611 g/mol. The summed E-state index contributed by atoms with van der Waals surface area (Å²) < 4.78 is 0. The molecule has 4 heteroatoms. The van der Waals surface area contributed by atoms with E-state index in [1.807, 2.05) is 24.4 Å². The molecule has 46 heavy (non-hydrogen) atoms. The molecule has 4 nitrogen and oxygen atoms in total. The van der Waals surface area contributed by atoms with E-state index in [1.54, 1.807) is 0 Å². The minimum absolute atomic E-state index is 0.000647. The third kappa shape index (κ3) is 6.87. The first kappa shape index (κ1) is 32.9. The number of nitrogens with zero attached hydrogens (tertiary/aromatic N) is 3. The van der Waals surface area contributed by atoms with Gasteiger partial charge in [0, 0.05) is 17.4 Å². The molecule has 1 N–H and O–H groups in total. The van der Waals surface area contributed by atoms with Crippen LogP contribution < -0.4 is 4.90 Å². The Morgan fingerprint density at radius 3 is 1.83 bits per heavy atom. The van der Waals surface area contributed by atoms with Gasteiger partial charge in [0.25, 0.3) is 0 Å². The average Bonchev–Trinajstić information content (AvgIpc) is 2.98. The van der Waals surface area contributed by atoms with Crippen LogP contribution in [-0.4, -0.2) is 15.1 Å². The smallest absolute Gasteiger partial charge is 0.138 e. The van der Waals surface area contributed by atoms with Gasteiger partial charge in [-0.15, -0.1) is 0 Å². The molecular weight excluding hydrogens is 562 g/mol. The summed E-state index contributed by atoms with van der Waals surface area (Å²) in [4.78, 5) is 12.2. The molecule has 0 fully saturated rings. The van der Waals surface area contributed by atoms with E-state index < -0.39 is 0 Å². The topological polar surface area (TPSA) is 49.2 Å². The zero-order valence-electron chi connectivity index (χ0n) is 29.4. The molecule has 238 valence electrons. The first-order valence-electron chi connectivity index (χ1n) is 16.2. The Morgan fingerprint density at radius 1 is 0.587 bits per heavy atom. The number of phenolic OH excluding ortho intramolecular Hbond substituents is 1. The largest absolute Gasteiger partial charge is 0.507 e. The zero-order chi connectivity index (χ0) is 33.6. The summed E-state index contributed by atoms with van der Waals surface area (Å²) in [7, 11) is 0. The van der Waals surface area contributed by atoms with Crippen LogP contribution in [0.4, 0.5) is 17.2 Å². The highest BCUT2D eigenvalue weighted by molar-refractivity contribution is 5.83. The van der Waals surface area contributed by atoms with Crippen LogP contribution in [0.5, 0.6) is 5.75 Å². The number of benzene rings is 3. The van der Waals surface area contributed by atoms with Crippen molar-refractivity contribution in [1.29, 1.82) is 0 Å². The van der Waals surface area contributed by atoms with E-state index in [4.69, 9.17) is 9.97 Å². The molecule has 0 radical (unpaired) electrons. The van der Waals surface area contributed by atoms with Crippen molar-refractivity contribution in [3.05, 3.63) is 119 Å². The number of phenols is 1. The normalized spacial score (nSPS) is 12.3. The van der Waals surface area contributed by atoms with Crippen LogP contribution in [-0.2, 0) is 16.2 Å². The van der Waals surface area contributed by atoms with Crippen molar-refractivity contribution in [3.63, 3.8) is 0 Å². The molecule has 3 aromatic carbocycles. The average molecular weight is 612 g/mol. The second-order valence-corrected chi connectivity index (χ2v) is 15.6. The molecule has 2 heterocycles. The molecule has 0 spiro atoms. The molecule has 0 saturated heterocycles. The van der Waals surface area contributed by atoms with Crippen molar-refractivity contribution in [2.75, 3.05) is 4.90 Å². The van der Waals surface area contributed by atoms with Crippen LogP contribution in [0.15, 0.2) is 91.1 Å². The predicted molar refractivity (Wildman–Crippen MR) is 195 cm³/mol. The van der Waals surface area contributed by atoms with E-state index >= 15 is 0 Å². The molecule has 5 rings (SSSR count). The van der Waals surface area contributed by atoms with E-state index in [1.165, 1.54) is 27.8 Å². The Balaban J connectivity index is 1.73. The van der Waals surface area contributed by atoms with E-state index in [-0.39, 0.29) is 22.0 Å². The van der Waals surface area contributed by atoms with Crippen LogP contribution in [0.25, 0.3) is 22.5 Å². The van der Waals surface area contributed by atoms with Gasteiger partial charge in [0.15, 0.2) is 0 Å². The van der Waals surface area contributed by atoms with Crippen LogP contribution in [0.2, 0.25) is 0 Å². The molecule has 2 aromatic heterocycles. The van der Waals surface area contributed by atoms with Gasteiger partial charge in [-0.25, -0.2) is 4.98 Å². The Hall–Kier alpha value is -4.44. The second kappa shape index (κ2) is 12.1. The molecule has 0 unspecified atom stereocenters. The predicted octanol–water partition coefficient (Wildman–Crippen LogP) is 11.5. The maximum atomic E-state index is 11.0. The van der Waals surface area contributed by atoms with Crippen LogP contribution >= 0.6 is 0 Å². The quantitative estimate of drug-likeness (QED) is 0.215. The van der Waals surface area contributed by atoms with Gasteiger partial charge in [-0.05, 0) is 112 Å². The molecule has 0 bridgehead atoms. The maximum absolute atomic E-state index is 11.0. The number of aryl methyl sites for hydroxylation is 2. The Bertz CT molecular complexity index is 1860. The molecule has 0 atom stereocenters. The first-order valence-corrected chi connectivity index (χ1v) is 16.2. The Kier molecular flexibility index (Phi) is 8.63. The maximum Gasteiger partial charge on any atom is 0.138 e. The summed E-state index contributed by atoms with van der Waals surface area (Å²) in [5, 5.41) is 11.0. The van der Waals surface area contributed by atoms with Gasteiger partial charge in [0.1, 0.15) is 11.6 Å². The van der Waals surface area contributed by atoms with E-state index in [9.17, 15) is 5.11 Å². The highest BCUT2D eigenvalue weighted by Gasteiger charge is 2.24. The SMILES string of the molecule is Cc1cc(C(C)(C)C)cc(C)c1N(c1cccc(-c2cc(C(C)(C)C)ccc2O)c1)c1cccc(-c2cc(C(C)(C)C)ccn2)n1. The summed E-state index contributed by atoms with van der Waals surface area (Å²) in [6.07, 6.45) is 1.88. The lowest BCUT2D eigenvalue weighted by Gasteiger charge is -2.30. The third-order valence-electron chi connectivity index (χ3n) is 8.71. The minimum Gasteiger partial charge on any atom is -0.507 e. The molecule has 0 aliphatic heterocycles. The summed E-state index contributed by atoms with van der Waals surface area (Å²) in [5.41, 5.74) is 11.5. The molecule has 0 saturated carbocycles. The van der Waals surface area contributed by atoms with Gasteiger partial charge >= 0.3 is 0 Å². The molecule has 0 aliphatic carbocycles. The van der Waals surface area contributed by atoms with Gasteiger partial charge in [0.2, 0.25) is 0 Å². The van der Waals surface area contributed by atoms with Crippen LogP contribution in [0.3, 0.4) is 0 Å². The van der Waals surface area contributed by atoms with Crippen LogP contribution in [0, 0.1) is 13.8 Å². The first-order chi connectivity index (χ1) is 21.4. The van der Waals surface area contributed by atoms with Gasteiger partial charge in [-0.3, -0.25) is 9.88 Å². The van der Waals surface area contributed by atoms with Crippen molar-refractivity contribution in [2.45, 2.75) is 92.4 Å². The molecular formula is C42H49N3O. The number of hydrogen-bond donors (Lipinski definition) is 1. The number of pyridine rings is 2. The lowest BCUT2D eigenvalue weighted by molar-refractivity contribution is 0.476. The van der Waals surface area contributed by atoms with Gasteiger partial charge in [-0.2, -0.15) is 0 Å². The van der Waals surface area contributed by atoms with Crippen molar-refractivity contribution in [2.24, 2.45) is 0 Å². The number of rotatable bonds is 5. The summed E-state index contributed by atoms with van der Waals surface area (Å²) in [6.45, 7) is 24.4. The standard InChI is InChI=1S/C42H49N3O/c1-27-22-32(42(9,10)11)23-28(2)39(27)45(38-17-13-16-35(44-38)36-26-31(20-21-43-36)41(6,7)8)33-15-12-14-29(24-33)34-25-30(40(3,4)5)18-19-37(34)46/h12-26,46H,1-11H3. The third-order valence-corrected chi connectivity index (χ3v) is 8.71. The van der Waals surface area contributed by atoms with Crippen molar-refractivity contribution in [3.8, 4) is 28.3 Å². The van der Waals surface area contributed by atoms with E-state index in [0.29, 0.717) is 0 Å². The van der Waals surface area contributed by atoms with E-state index in [2.05, 4.69) is 148 Å². The van der Waals surface area contributed by atoms with Crippen LogP contribution in [0.1, 0.15) is 90.1 Å². The van der Waals surface area contributed by atoms with Crippen molar-refractivity contribution in [1.82, 2.24) is 9.97 Å². The fourth-order valence-electron chi connectivity index (χ4n) is 5.89. The molecule has 5 aromatic rings. The van der Waals surface area contributed by atoms with E-state index in [0.717, 1.165) is 39.7 Å². The fraction of sp³-hybridized carbons (Fsp3) is 0.333. The highest BCUT2D eigenvalue weighted by atomic mass is 16.3. The second-order valence-electron chi connectivity index (χ2n) is 15.6. The Morgan fingerprint density at radius 2 is 1.20 bits per heavy atom. The Labute approximate surface area is 276 Å². The lowest BCUT2D eigenvalue weighted by atomic mass is 9.84.